The SMILES string of the molecule is CC1CCN(c2ccc(-c3cccc(NC(=O)COc4ccc(Oc5ccccc5)cc4)c3)nn2)CC1. The lowest BCUT2D eigenvalue weighted by molar-refractivity contribution is -0.118. The molecule has 37 heavy (non-hydrogen) atoms. The molecule has 3 aromatic carbocycles. The summed E-state index contributed by atoms with van der Waals surface area (Å²) in [7, 11) is 0. The average Bonchev–Trinajstić information content (AvgIpc) is 2.94. The zero-order valence-electron chi connectivity index (χ0n) is 20.8. The van der Waals surface area contributed by atoms with Crippen LogP contribution < -0.4 is 19.7 Å². The van der Waals surface area contributed by atoms with E-state index >= 15 is 0 Å². The molecule has 5 rings (SSSR count). The van der Waals surface area contributed by atoms with Crippen molar-refractivity contribution in [2.75, 3.05) is 29.9 Å². The molecule has 1 aromatic heterocycles. The molecule has 0 aliphatic carbocycles. The van der Waals surface area contributed by atoms with Crippen LogP contribution in [-0.2, 0) is 4.79 Å². The molecule has 0 spiro atoms. The van der Waals surface area contributed by atoms with Crippen LogP contribution in [0, 0.1) is 5.92 Å². The number of rotatable bonds is 8. The number of ether oxygens (including phenoxy) is 2. The van der Waals surface area contributed by atoms with Crippen molar-refractivity contribution >= 4 is 17.4 Å². The van der Waals surface area contributed by atoms with Gasteiger partial charge in [0.05, 0.1) is 5.69 Å². The summed E-state index contributed by atoms with van der Waals surface area (Å²) in [5.41, 5.74) is 2.33. The summed E-state index contributed by atoms with van der Waals surface area (Å²) in [6.07, 6.45) is 2.37. The van der Waals surface area contributed by atoms with Gasteiger partial charge in [-0.1, -0.05) is 37.3 Å². The van der Waals surface area contributed by atoms with Crippen molar-refractivity contribution in [2.45, 2.75) is 19.8 Å². The normalized spacial score (nSPS) is 13.7. The molecule has 188 valence electrons. The van der Waals surface area contributed by atoms with E-state index in [2.05, 4.69) is 27.3 Å². The van der Waals surface area contributed by atoms with Gasteiger partial charge in [0.1, 0.15) is 17.2 Å². The fraction of sp³-hybridized carbons (Fsp3) is 0.233. The number of anilines is 2. The third kappa shape index (κ3) is 6.64. The number of nitrogens with one attached hydrogen (secondary N) is 1. The Morgan fingerprint density at radius 2 is 1.59 bits per heavy atom. The topological polar surface area (TPSA) is 76.6 Å². The predicted molar refractivity (Wildman–Crippen MR) is 145 cm³/mol. The van der Waals surface area contributed by atoms with E-state index in [0.717, 1.165) is 41.8 Å². The summed E-state index contributed by atoms with van der Waals surface area (Å²) in [4.78, 5) is 14.8. The largest absolute Gasteiger partial charge is 0.484 e. The molecule has 1 fully saturated rings. The predicted octanol–water partition coefficient (Wildman–Crippen LogP) is 6.19. The first-order valence-electron chi connectivity index (χ1n) is 12.6. The molecule has 1 amide bonds. The van der Waals surface area contributed by atoms with Crippen LogP contribution in [0.5, 0.6) is 17.2 Å². The first-order chi connectivity index (χ1) is 18.1. The van der Waals surface area contributed by atoms with Crippen molar-refractivity contribution in [1.29, 1.82) is 0 Å². The van der Waals surface area contributed by atoms with Crippen LogP contribution >= 0.6 is 0 Å². The highest BCUT2D eigenvalue weighted by Gasteiger charge is 2.17. The molecule has 0 atom stereocenters. The van der Waals surface area contributed by atoms with Crippen molar-refractivity contribution in [3.8, 4) is 28.5 Å². The van der Waals surface area contributed by atoms with E-state index in [0.29, 0.717) is 17.2 Å². The average molecular weight is 495 g/mol. The number of carbonyl (C=O) groups is 1. The van der Waals surface area contributed by atoms with Crippen LogP contribution in [0.25, 0.3) is 11.3 Å². The van der Waals surface area contributed by atoms with Crippen molar-refractivity contribution < 1.29 is 14.3 Å². The van der Waals surface area contributed by atoms with Gasteiger partial charge in [-0.25, -0.2) is 0 Å². The molecule has 4 aromatic rings. The maximum Gasteiger partial charge on any atom is 0.262 e. The van der Waals surface area contributed by atoms with E-state index in [1.165, 1.54) is 12.8 Å². The molecule has 1 N–H and O–H groups in total. The number of hydrogen-bond acceptors (Lipinski definition) is 6. The van der Waals surface area contributed by atoms with E-state index in [9.17, 15) is 4.79 Å². The highest BCUT2D eigenvalue weighted by molar-refractivity contribution is 5.92. The minimum atomic E-state index is -0.248. The third-order valence-corrected chi connectivity index (χ3v) is 6.37. The second-order valence-corrected chi connectivity index (χ2v) is 9.25. The molecular weight excluding hydrogens is 464 g/mol. The van der Waals surface area contributed by atoms with Crippen LogP contribution in [0.2, 0.25) is 0 Å². The van der Waals surface area contributed by atoms with Gasteiger partial charge < -0.3 is 19.7 Å². The number of nitrogens with zero attached hydrogens (tertiary/aromatic N) is 3. The summed E-state index contributed by atoms with van der Waals surface area (Å²) < 4.78 is 11.4. The number of aromatic nitrogens is 2. The molecule has 0 bridgehead atoms. The zero-order chi connectivity index (χ0) is 25.5. The number of para-hydroxylation sites is 1. The smallest absolute Gasteiger partial charge is 0.262 e. The highest BCUT2D eigenvalue weighted by Crippen LogP contribution is 2.25. The fourth-order valence-electron chi connectivity index (χ4n) is 4.22. The van der Waals surface area contributed by atoms with Gasteiger partial charge in [-0.05, 0) is 79.4 Å². The molecular formula is C30H30N4O3. The summed E-state index contributed by atoms with van der Waals surface area (Å²) in [5.74, 6) is 3.48. The number of benzene rings is 3. The molecule has 2 heterocycles. The van der Waals surface area contributed by atoms with E-state index in [1.54, 1.807) is 12.1 Å². The standard InChI is InChI=1S/C30H30N4O3/c1-22-16-18-34(19-17-22)29-15-14-28(32-33-29)23-6-5-7-24(20-23)31-30(35)21-36-25-10-12-27(13-11-25)37-26-8-3-2-4-9-26/h2-15,20,22H,16-19,21H2,1H3,(H,31,35). The highest BCUT2D eigenvalue weighted by atomic mass is 16.5. The fourth-order valence-corrected chi connectivity index (χ4v) is 4.22. The summed E-state index contributed by atoms with van der Waals surface area (Å²) in [6, 6.07) is 28.3. The van der Waals surface area contributed by atoms with Crippen LogP contribution in [0.4, 0.5) is 11.5 Å². The quantitative estimate of drug-likeness (QED) is 0.315. The molecule has 0 unspecified atom stereocenters. The minimum absolute atomic E-state index is 0.105. The third-order valence-electron chi connectivity index (χ3n) is 6.37. The van der Waals surface area contributed by atoms with Gasteiger partial charge in [0.25, 0.3) is 5.91 Å². The first kappa shape index (κ1) is 24.3. The summed E-state index contributed by atoms with van der Waals surface area (Å²) >= 11 is 0. The van der Waals surface area contributed by atoms with Gasteiger partial charge >= 0.3 is 0 Å². The molecule has 7 heteroatoms. The van der Waals surface area contributed by atoms with Crippen LogP contribution in [-0.4, -0.2) is 35.8 Å². The molecule has 7 nitrogen and oxygen atoms in total. The zero-order valence-corrected chi connectivity index (χ0v) is 20.8. The lowest BCUT2D eigenvalue weighted by Gasteiger charge is -2.30. The Balaban J connectivity index is 1.13. The van der Waals surface area contributed by atoms with Crippen LogP contribution in [0.3, 0.4) is 0 Å². The minimum Gasteiger partial charge on any atom is -0.484 e. The second-order valence-electron chi connectivity index (χ2n) is 9.25. The number of hydrogen-bond donors (Lipinski definition) is 1. The molecule has 1 aliphatic rings. The lowest BCUT2D eigenvalue weighted by Crippen LogP contribution is -2.33. The molecule has 0 radical (unpaired) electrons. The second kappa shape index (κ2) is 11.6. The Labute approximate surface area is 217 Å². The van der Waals surface area contributed by atoms with Gasteiger partial charge in [0.2, 0.25) is 0 Å². The van der Waals surface area contributed by atoms with E-state index in [4.69, 9.17) is 9.47 Å². The van der Waals surface area contributed by atoms with E-state index in [1.807, 2.05) is 78.9 Å². The number of carbonyl (C=O) groups excluding carboxylic acids is 1. The maximum atomic E-state index is 12.5. The number of piperidine rings is 1. The monoisotopic (exact) mass is 494 g/mol. The van der Waals surface area contributed by atoms with Crippen molar-refractivity contribution in [2.24, 2.45) is 5.92 Å². The Morgan fingerprint density at radius 1 is 0.865 bits per heavy atom. The van der Waals surface area contributed by atoms with Gasteiger partial charge in [-0.3, -0.25) is 4.79 Å². The Morgan fingerprint density at radius 3 is 2.32 bits per heavy atom. The Hall–Kier alpha value is -4.39. The van der Waals surface area contributed by atoms with Crippen molar-refractivity contribution in [1.82, 2.24) is 10.2 Å². The number of amides is 1. The molecule has 0 saturated carbocycles. The van der Waals surface area contributed by atoms with Crippen LogP contribution in [0.15, 0.2) is 91.0 Å². The molecule has 1 saturated heterocycles. The first-order valence-corrected chi connectivity index (χ1v) is 12.6. The Kier molecular flexibility index (Phi) is 7.60. The van der Waals surface area contributed by atoms with Crippen LogP contribution in [0.1, 0.15) is 19.8 Å². The van der Waals surface area contributed by atoms with E-state index < -0.39 is 0 Å². The van der Waals surface area contributed by atoms with Crippen molar-refractivity contribution in [3.63, 3.8) is 0 Å². The summed E-state index contributed by atoms with van der Waals surface area (Å²) in [6.45, 7) is 4.23. The van der Waals surface area contributed by atoms with E-state index in [-0.39, 0.29) is 12.5 Å². The van der Waals surface area contributed by atoms with Crippen molar-refractivity contribution in [3.05, 3.63) is 91.0 Å². The van der Waals surface area contributed by atoms with Gasteiger partial charge in [-0.2, -0.15) is 0 Å². The maximum absolute atomic E-state index is 12.5. The summed E-state index contributed by atoms with van der Waals surface area (Å²) in [5, 5.41) is 11.8. The lowest BCUT2D eigenvalue weighted by atomic mass is 9.99. The van der Waals surface area contributed by atoms with Gasteiger partial charge in [0.15, 0.2) is 12.4 Å². The molecule has 1 aliphatic heterocycles. The van der Waals surface area contributed by atoms with Gasteiger partial charge in [-0.15, -0.1) is 10.2 Å². The van der Waals surface area contributed by atoms with Gasteiger partial charge in [0, 0.05) is 24.3 Å². The Bertz CT molecular complexity index is 1300.